The van der Waals surface area contributed by atoms with Crippen molar-refractivity contribution in [3.8, 4) is 28.6 Å². The fourth-order valence-corrected chi connectivity index (χ4v) is 6.61. The highest BCUT2D eigenvalue weighted by Gasteiger charge is 2.40. The summed E-state index contributed by atoms with van der Waals surface area (Å²) in [5.74, 6) is 3.52. The second kappa shape index (κ2) is 14.3. The Hall–Kier alpha value is -3.89. The number of ether oxygens (including phenoxy) is 2. The van der Waals surface area contributed by atoms with Crippen molar-refractivity contribution >= 4 is 28.9 Å². The van der Waals surface area contributed by atoms with Crippen LogP contribution in [-0.4, -0.2) is 54.6 Å². The molecule has 2 bridgehead atoms. The van der Waals surface area contributed by atoms with Crippen LogP contribution in [0.1, 0.15) is 49.0 Å². The number of benzene rings is 2. The standard InChI is InChI=1S/C34H41N3O6S/c1-41-26-15-24(16-27(18-26)42-2)30-17-23(4-3-11-36-33(39)28(35)13-20-6-9-25(38)10-7-20)31(43-30)19-32(44)34(40)37-29-14-21-5-8-22(29)12-21/h6-7,9-10,15-18,21-22,28-29,38H,3-5,8,11-14,19,35H2,1-2H3,(H,36,39)(H,37,40). The lowest BCUT2D eigenvalue weighted by Crippen LogP contribution is -2.42. The van der Waals surface area contributed by atoms with E-state index in [1.54, 1.807) is 44.6 Å². The van der Waals surface area contributed by atoms with Crippen molar-refractivity contribution < 1.29 is 28.6 Å². The van der Waals surface area contributed by atoms with Gasteiger partial charge in [0.15, 0.2) is 0 Å². The van der Waals surface area contributed by atoms with Crippen LogP contribution in [0.25, 0.3) is 11.3 Å². The summed E-state index contributed by atoms with van der Waals surface area (Å²) in [6.07, 6.45) is 6.49. The summed E-state index contributed by atoms with van der Waals surface area (Å²) in [5, 5.41) is 15.6. The number of fused-ring (bicyclic) bond motifs is 2. The van der Waals surface area contributed by atoms with Crippen molar-refractivity contribution in [2.75, 3.05) is 20.8 Å². The molecule has 0 spiro atoms. The number of carbonyl (C=O) groups excluding carboxylic acids is 2. The third kappa shape index (κ3) is 7.78. The van der Waals surface area contributed by atoms with E-state index in [9.17, 15) is 14.7 Å². The summed E-state index contributed by atoms with van der Waals surface area (Å²) in [6, 6.07) is 13.6. The van der Waals surface area contributed by atoms with Gasteiger partial charge in [-0.25, -0.2) is 0 Å². The Morgan fingerprint density at radius 3 is 2.43 bits per heavy atom. The van der Waals surface area contributed by atoms with Crippen LogP contribution in [0.5, 0.6) is 17.2 Å². The minimum absolute atomic E-state index is 0.168. The molecule has 4 atom stereocenters. The van der Waals surface area contributed by atoms with Crippen LogP contribution < -0.4 is 25.8 Å². The highest BCUT2D eigenvalue weighted by Crippen LogP contribution is 2.44. The Morgan fingerprint density at radius 1 is 1.07 bits per heavy atom. The molecule has 2 aromatic carbocycles. The van der Waals surface area contributed by atoms with Gasteiger partial charge in [-0.3, -0.25) is 9.59 Å². The fourth-order valence-electron chi connectivity index (χ4n) is 6.42. The van der Waals surface area contributed by atoms with Crippen LogP contribution >= 0.6 is 12.2 Å². The lowest BCUT2D eigenvalue weighted by Gasteiger charge is -2.22. The minimum atomic E-state index is -0.704. The molecular weight excluding hydrogens is 578 g/mol. The second-order valence-corrected chi connectivity index (χ2v) is 12.4. The number of nitrogens with one attached hydrogen (secondary N) is 2. The summed E-state index contributed by atoms with van der Waals surface area (Å²) < 4.78 is 17.2. The molecule has 1 heterocycles. The molecule has 2 amide bonds. The molecular formula is C34H41N3O6S. The Morgan fingerprint density at radius 2 is 1.80 bits per heavy atom. The van der Waals surface area contributed by atoms with Crippen LogP contribution in [0.3, 0.4) is 0 Å². The molecule has 0 saturated heterocycles. The van der Waals surface area contributed by atoms with E-state index in [1.165, 1.54) is 19.3 Å². The van der Waals surface area contributed by atoms with Crippen molar-refractivity contribution in [3.05, 3.63) is 65.4 Å². The zero-order valence-electron chi connectivity index (χ0n) is 25.3. The first-order chi connectivity index (χ1) is 21.2. The topological polar surface area (TPSA) is 136 Å². The largest absolute Gasteiger partial charge is 0.508 e. The Bertz CT molecular complexity index is 1460. The summed E-state index contributed by atoms with van der Waals surface area (Å²) >= 11 is 5.61. The van der Waals surface area contributed by atoms with Crippen molar-refractivity contribution in [3.63, 3.8) is 0 Å². The second-order valence-electron chi connectivity index (χ2n) is 11.9. The van der Waals surface area contributed by atoms with Gasteiger partial charge < -0.3 is 35.4 Å². The lowest BCUT2D eigenvalue weighted by atomic mass is 9.95. The highest BCUT2D eigenvalue weighted by atomic mass is 32.1. The summed E-state index contributed by atoms with van der Waals surface area (Å²) in [6.45, 7) is 0.421. The van der Waals surface area contributed by atoms with E-state index >= 15 is 0 Å². The molecule has 2 fully saturated rings. The summed E-state index contributed by atoms with van der Waals surface area (Å²) in [7, 11) is 3.19. The Labute approximate surface area is 263 Å². The molecule has 1 aromatic heterocycles. The van der Waals surface area contributed by atoms with Crippen molar-refractivity contribution in [2.24, 2.45) is 17.6 Å². The molecule has 0 aliphatic heterocycles. The monoisotopic (exact) mass is 619 g/mol. The average molecular weight is 620 g/mol. The van der Waals surface area contributed by atoms with Crippen molar-refractivity contribution in [1.82, 2.24) is 10.6 Å². The average Bonchev–Trinajstić information content (AvgIpc) is 3.76. The number of hydrogen-bond donors (Lipinski definition) is 4. The van der Waals surface area contributed by atoms with Gasteiger partial charge in [0.05, 0.1) is 25.1 Å². The van der Waals surface area contributed by atoms with E-state index in [0.29, 0.717) is 59.6 Å². The number of methoxy groups -OCH3 is 2. The maximum Gasteiger partial charge on any atom is 0.258 e. The number of furan rings is 1. The third-order valence-electron chi connectivity index (χ3n) is 8.81. The van der Waals surface area contributed by atoms with Crippen LogP contribution in [0, 0.1) is 11.8 Å². The number of rotatable bonds is 14. The highest BCUT2D eigenvalue weighted by molar-refractivity contribution is 7.82. The number of phenolic OH excluding ortho intramolecular Hbond substituents is 1. The van der Waals surface area contributed by atoms with E-state index < -0.39 is 6.04 Å². The maximum absolute atomic E-state index is 13.1. The van der Waals surface area contributed by atoms with Crippen molar-refractivity contribution in [2.45, 2.75) is 63.5 Å². The molecule has 3 aromatic rings. The van der Waals surface area contributed by atoms with Gasteiger partial charge in [0.2, 0.25) is 5.91 Å². The zero-order chi connectivity index (χ0) is 31.2. The van der Waals surface area contributed by atoms with Crippen LogP contribution in [0.15, 0.2) is 52.9 Å². The Balaban J connectivity index is 1.24. The van der Waals surface area contributed by atoms with Crippen LogP contribution in [-0.2, 0) is 28.9 Å². The molecule has 0 radical (unpaired) electrons. The maximum atomic E-state index is 13.1. The fraction of sp³-hybridized carbons (Fsp3) is 0.441. The van der Waals surface area contributed by atoms with Crippen molar-refractivity contribution in [1.29, 1.82) is 0 Å². The molecule has 10 heteroatoms. The van der Waals surface area contributed by atoms with Gasteiger partial charge in [0.1, 0.15) is 28.8 Å². The van der Waals surface area contributed by atoms with Gasteiger partial charge in [-0.1, -0.05) is 30.8 Å². The predicted molar refractivity (Wildman–Crippen MR) is 172 cm³/mol. The van der Waals surface area contributed by atoms with E-state index in [2.05, 4.69) is 10.6 Å². The minimum Gasteiger partial charge on any atom is -0.508 e. The number of amides is 2. The lowest BCUT2D eigenvalue weighted by molar-refractivity contribution is -0.122. The molecule has 2 saturated carbocycles. The molecule has 2 aliphatic rings. The van der Waals surface area contributed by atoms with Gasteiger partial charge in [-0.2, -0.15) is 0 Å². The number of thiocarbonyl (C=S) groups is 1. The van der Waals surface area contributed by atoms with E-state index in [4.69, 9.17) is 31.8 Å². The number of aromatic hydroxyl groups is 1. The molecule has 234 valence electrons. The number of carbonyl (C=O) groups is 2. The normalized spacial score (nSPS) is 19.4. The van der Waals surface area contributed by atoms with E-state index in [1.807, 2.05) is 18.2 Å². The first-order valence-electron chi connectivity index (χ1n) is 15.2. The number of aryl methyl sites for hydroxylation is 1. The molecule has 5 N–H and O–H groups in total. The third-order valence-corrected chi connectivity index (χ3v) is 9.14. The van der Waals surface area contributed by atoms with E-state index in [0.717, 1.165) is 29.0 Å². The molecule has 2 aliphatic carbocycles. The quantitative estimate of drug-likeness (QED) is 0.153. The SMILES string of the molecule is COc1cc(OC)cc(-c2cc(CCCNC(=O)C(N)Cc3ccc(O)cc3)c(CC(=S)C(=O)NC3CC4CCC3C4)o2)c1. The summed E-state index contributed by atoms with van der Waals surface area (Å²) in [5.41, 5.74) is 8.68. The number of phenols is 1. The van der Waals surface area contributed by atoms with Gasteiger partial charge in [0, 0.05) is 30.6 Å². The first-order valence-corrected chi connectivity index (χ1v) is 15.6. The van der Waals surface area contributed by atoms with Gasteiger partial charge >= 0.3 is 0 Å². The molecule has 5 rings (SSSR count). The van der Waals surface area contributed by atoms with Gasteiger partial charge in [-0.15, -0.1) is 0 Å². The number of hydrogen-bond acceptors (Lipinski definition) is 8. The van der Waals surface area contributed by atoms with Crippen LogP contribution in [0.4, 0.5) is 0 Å². The summed E-state index contributed by atoms with van der Waals surface area (Å²) in [4.78, 5) is 26.0. The zero-order valence-corrected chi connectivity index (χ0v) is 26.1. The molecule has 44 heavy (non-hydrogen) atoms. The van der Waals surface area contributed by atoms with E-state index in [-0.39, 0.29) is 30.0 Å². The number of nitrogens with two attached hydrogens (primary N) is 1. The molecule has 9 nitrogen and oxygen atoms in total. The van der Waals surface area contributed by atoms with Crippen LogP contribution in [0.2, 0.25) is 0 Å². The van der Waals surface area contributed by atoms with Gasteiger partial charge in [-0.05, 0) is 91.8 Å². The predicted octanol–water partition coefficient (Wildman–Crippen LogP) is 4.51. The smallest absolute Gasteiger partial charge is 0.258 e. The Kier molecular flexibility index (Phi) is 10.2. The molecule has 4 unspecified atom stereocenters. The first kappa shape index (κ1) is 31.5. The van der Waals surface area contributed by atoms with Gasteiger partial charge in [0.25, 0.3) is 5.91 Å².